The van der Waals surface area contributed by atoms with Crippen molar-refractivity contribution >= 4 is 0 Å². The van der Waals surface area contributed by atoms with Gasteiger partial charge in [-0.15, -0.1) is 0 Å². The van der Waals surface area contributed by atoms with Crippen LogP contribution in [0.2, 0.25) is 0 Å². The molecule has 5 nitrogen and oxygen atoms in total. The molecule has 1 saturated heterocycles. The summed E-state index contributed by atoms with van der Waals surface area (Å²) in [6, 6.07) is 8.01. The van der Waals surface area contributed by atoms with Crippen LogP contribution in [0.3, 0.4) is 0 Å². The smallest absolute Gasteiger partial charge is 0.122 e. The third kappa shape index (κ3) is 2.93. The second-order valence-corrected chi connectivity index (χ2v) is 7.99. The van der Waals surface area contributed by atoms with E-state index >= 15 is 0 Å². The number of hydrogen-bond donors (Lipinski definition) is 1. The number of fused-ring (bicyclic) bond motifs is 2. The summed E-state index contributed by atoms with van der Waals surface area (Å²) >= 11 is 0. The number of likely N-dealkylation sites (tertiary alicyclic amines) is 1. The third-order valence-electron chi connectivity index (χ3n) is 6.58. The molecule has 26 heavy (non-hydrogen) atoms. The quantitative estimate of drug-likeness (QED) is 0.922. The number of nitrogens with one attached hydrogen (secondary N) is 1. The fraction of sp³-hybridized carbons (Fsp3) is 0.571. The van der Waals surface area contributed by atoms with Crippen molar-refractivity contribution in [1.82, 2.24) is 20.0 Å². The second-order valence-electron chi connectivity index (χ2n) is 7.99. The van der Waals surface area contributed by atoms with Crippen molar-refractivity contribution in [3.63, 3.8) is 0 Å². The molecule has 138 valence electrons. The van der Waals surface area contributed by atoms with E-state index < -0.39 is 0 Å². The van der Waals surface area contributed by atoms with E-state index in [0.717, 1.165) is 38.3 Å². The molecule has 0 aliphatic carbocycles. The van der Waals surface area contributed by atoms with Gasteiger partial charge >= 0.3 is 0 Å². The van der Waals surface area contributed by atoms with Gasteiger partial charge in [0.05, 0.1) is 12.3 Å². The van der Waals surface area contributed by atoms with Gasteiger partial charge in [0, 0.05) is 62.9 Å². The zero-order valence-corrected chi connectivity index (χ0v) is 15.6. The van der Waals surface area contributed by atoms with Gasteiger partial charge < -0.3 is 4.74 Å². The average Bonchev–Trinajstić information content (AvgIpc) is 3.35. The van der Waals surface area contributed by atoms with E-state index in [1.54, 1.807) is 0 Å². The molecule has 5 rings (SSSR count). The lowest BCUT2D eigenvalue weighted by atomic mass is 9.96. The summed E-state index contributed by atoms with van der Waals surface area (Å²) in [5.41, 5.74) is 5.42. The normalized spacial score (nSPS) is 22.7. The molecule has 2 aromatic rings. The molecule has 1 aromatic carbocycles. The number of piperidine rings is 1. The van der Waals surface area contributed by atoms with Crippen molar-refractivity contribution in [1.29, 1.82) is 0 Å². The van der Waals surface area contributed by atoms with Crippen LogP contribution in [0.4, 0.5) is 0 Å². The number of aromatic nitrogens is 2. The minimum Gasteiger partial charge on any atom is -0.493 e. The Balaban J connectivity index is 1.20. The molecular weight excluding hydrogens is 324 g/mol. The summed E-state index contributed by atoms with van der Waals surface area (Å²) in [4.78, 5) is 5.31. The van der Waals surface area contributed by atoms with Gasteiger partial charge in [0.25, 0.3) is 0 Å². The average molecular weight is 352 g/mol. The van der Waals surface area contributed by atoms with Crippen LogP contribution < -0.4 is 4.74 Å². The van der Waals surface area contributed by atoms with Gasteiger partial charge in [0.1, 0.15) is 5.75 Å². The summed E-state index contributed by atoms with van der Waals surface area (Å²) in [6.07, 6.45) is 6.75. The molecule has 0 spiro atoms. The Kier molecular flexibility index (Phi) is 4.21. The molecule has 0 radical (unpaired) electrons. The molecule has 0 bridgehead atoms. The van der Waals surface area contributed by atoms with Crippen LogP contribution in [0.1, 0.15) is 48.2 Å². The number of hydrogen-bond acceptors (Lipinski definition) is 4. The number of benzene rings is 1. The van der Waals surface area contributed by atoms with E-state index in [1.165, 1.54) is 48.3 Å². The number of aromatic amines is 1. The van der Waals surface area contributed by atoms with E-state index in [9.17, 15) is 0 Å². The molecule has 5 heteroatoms. The highest BCUT2D eigenvalue weighted by Gasteiger charge is 2.30. The monoisotopic (exact) mass is 352 g/mol. The number of H-pyrrole nitrogens is 1. The van der Waals surface area contributed by atoms with E-state index in [2.05, 4.69) is 51.3 Å². The zero-order chi connectivity index (χ0) is 17.5. The Labute approximate surface area is 155 Å². The van der Waals surface area contributed by atoms with Crippen LogP contribution in [0, 0.1) is 0 Å². The summed E-state index contributed by atoms with van der Waals surface area (Å²) in [7, 11) is 0. The maximum Gasteiger partial charge on any atom is 0.122 e. The first kappa shape index (κ1) is 16.3. The summed E-state index contributed by atoms with van der Waals surface area (Å²) in [5.74, 6) is 1.11. The predicted molar refractivity (Wildman–Crippen MR) is 101 cm³/mol. The van der Waals surface area contributed by atoms with Crippen molar-refractivity contribution in [2.24, 2.45) is 0 Å². The van der Waals surface area contributed by atoms with E-state index in [1.807, 2.05) is 0 Å². The minimum atomic E-state index is 0.465. The largest absolute Gasteiger partial charge is 0.493 e. The first-order valence-corrected chi connectivity index (χ1v) is 10.0. The van der Waals surface area contributed by atoms with Gasteiger partial charge in [-0.2, -0.15) is 5.10 Å². The highest BCUT2D eigenvalue weighted by Crippen LogP contribution is 2.32. The Bertz CT molecular complexity index is 778. The van der Waals surface area contributed by atoms with Crippen molar-refractivity contribution in [2.75, 3.05) is 26.2 Å². The molecule has 1 atom stereocenters. The minimum absolute atomic E-state index is 0.465. The number of rotatable bonds is 3. The highest BCUT2D eigenvalue weighted by molar-refractivity contribution is 5.41. The predicted octanol–water partition coefficient (Wildman–Crippen LogP) is 2.93. The third-order valence-corrected chi connectivity index (χ3v) is 6.58. The lowest BCUT2D eigenvalue weighted by Gasteiger charge is -2.41. The second kappa shape index (κ2) is 6.71. The molecule has 4 heterocycles. The Hall–Kier alpha value is -1.85. The van der Waals surface area contributed by atoms with Crippen molar-refractivity contribution in [3.05, 3.63) is 46.8 Å². The van der Waals surface area contributed by atoms with Gasteiger partial charge in [-0.1, -0.05) is 12.1 Å². The van der Waals surface area contributed by atoms with Gasteiger partial charge in [-0.05, 0) is 37.0 Å². The lowest BCUT2D eigenvalue weighted by Crippen LogP contribution is -2.47. The van der Waals surface area contributed by atoms with E-state index in [4.69, 9.17) is 4.74 Å². The molecule has 3 aliphatic heterocycles. The van der Waals surface area contributed by atoms with E-state index in [-0.39, 0.29) is 0 Å². The fourth-order valence-corrected chi connectivity index (χ4v) is 4.85. The Morgan fingerprint density at radius 1 is 1.15 bits per heavy atom. The molecule has 1 aromatic heterocycles. The molecule has 1 fully saturated rings. The zero-order valence-electron chi connectivity index (χ0n) is 15.6. The van der Waals surface area contributed by atoms with Crippen molar-refractivity contribution in [3.8, 4) is 5.75 Å². The van der Waals surface area contributed by atoms with Crippen LogP contribution in [-0.2, 0) is 19.4 Å². The number of ether oxygens (including phenoxy) is 1. The first-order valence-electron chi connectivity index (χ1n) is 10.0. The molecule has 1 N–H and O–H groups in total. The van der Waals surface area contributed by atoms with Gasteiger partial charge in [-0.3, -0.25) is 14.9 Å². The van der Waals surface area contributed by atoms with Crippen molar-refractivity contribution in [2.45, 2.75) is 51.2 Å². The molecular formula is C21H28N4O. The summed E-state index contributed by atoms with van der Waals surface area (Å²) in [5, 5.41) is 7.39. The molecule has 3 aliphatic rings. The van der Waals surface area contributed by atoms with Gasteiger partial charge in [0.2, 0.25) is 0 Å². The summed E-state index contributed by atoms with van der Waals surface area (Å²) < 4.78 is 5.76. The first-order chi connectivity index (χ1) is 12.8. The van der Waals surface area contributed by atoms with Crippen LogP contribution in [0.15, 0.2) is 24.4 Å². The van der Waals surface area contributed by atoms with Crippen LogP contribution >= 0.6 is 0 Å². The highest BCUT2D eigenvalue weighted by atomic mass is 16.5. The number of nitrogens with zero attached hydrogens (tertiary/aromatic N) is 3. The Morgan fingerprint density at radius 3 is 2.92 bits per heavy atom. The fourth-order valence-electron chi connectivity index (χ4n) is 4.85. The molecule has 1 unspecified atom stereocenters. The lowest BCUT2D eigenvalue weighted by molar-refractivity contribution is 0.0795. The maximum absolute atomic E-state index is 5.76. The van der Waals surface area contributed by atoms with Crippen LogP contribution in [0.25, 0.3) is 0 Å². The van der Waals surface area contributed by atoms with E-state index in [0.29, 0.717) is 12.1 Å². The SMILES string of the molecule is CC(c1ccc2c(c1)OCC2)N1CCC(N2CCc3n[nH]cc3C2)CC1. The standard InChI is InChI=1S/C21H28N4O/c1-15(17-3-2-16-7-11-26-21(16)12-17)24-8-4-19(5-9-24)25-10-6-20-18(14-25)13-22-23-20/h2-3,12-13,15,19H,4-11,14H2,1H3,(H,22,23). The maximum atomic E-state index is 5.76. The van der Waals surface area contributed by atoms with Gasteiger partial charge in [0.15, 0.2) is 0 Å². The van der Waals surface area contributed by atoms with Crippen LogP contribution in [0.5, 0.6) is 5.75 Å². The summed E-state index contributed by atoms with van der Waals surface area (Å²) in [6.45, 7) is 7.76. The molecule has 0 amide bonds. The van der Waals surface area contributed by atoms with Crippen molar-refractivity contribution < 1.29 is 4.74 Å². The molecule has 0 saturated carbocycles. The van der Waals surface area contributed by atoms with Crippen LogP contribution in [-0.4, -0.2) is 52.3 Å². The van der Waals surface area contributed by atoms with Gasteiger partial charge in [-0.25, -0.2) is 0 Å². The Morgan fingerprint density at radius 2 is 2.04 bits per heavy atom. The topological polar surface area (TPSA) is 44.4 Å².